The Morgan fingerprint density at radius 1 is 0.552 bits per heavy atom. The van der Waals surface area contributed by atoms with Crippen molar-refractivity contribution in [2.75, 3.05) is 79.6 Å². The number of aromatic nitrogens is 2. The largest absolute Gasteiger partial charge is 0.493 e. The predicted molar refractivity (Wildman–Crippen MR) is 497 cm³/mol. The van der Waals surface area contributed by atoms with Crippen LogP contribution in [0.1, 0.15) is 142 Å². The molecule has 15 atom stereocenters. The number of aliphatic hydroxyl groups is 1. The quantitative estimate of drug-likeness (QED) is 0.0153. The Labute approximate surface area is 781 Å². The molecule has 0 spiro atoms. The number of guanidine groups is 1. The molecular weight excluding hydrogens is 1760 g/mol. The van der Waals surface area contributed by atoms with E-state index in [2.05, 4.69) is 68.5 Å². The molecule has 3 aliphatic rings. The van der Waals surface area contributed by atoms with Gasteiger partial charge in [-0.05, 0) is 106 Å². The number of hydrogen-bond donors (Lipinski definition) is 19. The van der Waals surface area contributed by atoms with Crippen LogP contribution in [0.3, 0.4) is 0 Å². The van der Waals surface area contributed by atoms with E-state index in [0.717, 1.165) is 26.5 Å². The number of carbonyl (C=O) groups excluding carboxylic acids is 17. The van der Waals surface area contributed by atoms with E-state index in [1.165, 1.54) is 65.1 Å². The lowest BCUT2D eigenvalue weighted by atomic mass is 10.00. The number of H-pyrrole nitrogens is 2. The number of para-hydroxylation sites is 2. The highest BCUT2D eigenvalue weighted by atomic mass is 32.2. The molecule has 43 nitrogen and oxygen atoms in total. The molecule has 3 saturated heterocycles. The van der Waals surface area contributed by atoms with Gasteiger partial charge < -0.3 is 130 Å². The summed E-state index contributed by atoms with van der Waals surface area (Å²) >= 11 is 0.773. The van der Waals surface area contributed by atoms with Crippen LogP contribution >= 0.6 is 11.8 Å². The summed E-state index contributed by atoms with van der Waals surface area (Å²) in [6.07, 6.45) is 1.80. The van der Waals surface area contributed by atoms with E-state index in [9.17, 15) is 48.3 Å². The standard InChI is InChI=1S/C90H131N23O20S/c1-12-14-27-67-82(124)102-59(26-20-32-96-90(94)95)79(121)108-66(78(120)99-44-74(93)116)46-134-47-75(117)101-62(35-51-30-31-71(132-10)72(36-51)133-11)85(127)109(7)50(6)77(119)105-64(40-73(92)115)87(129)112-33-21-29-68(112)83(125)107-65(41-91)81(123)106-61(34-48(3)4)88(130)113-45-54(114)39-70(113)84(126)103-60(37-52-42-97-57-24-18-16-22-55(52)57)80(122)100-49(5)76(118)104-63(38-53-43-98-58-25-19-17-23-56(53)58)86(128)111(9)69(28-15-13-2)89(131)110(67)8/h16-19,22-25,30-31,36,42-43,48-50,54,59-70,97-98,114H,12-15,20-21,26-29,32-35,37-41,44-47,91H2,1-11H3,(H2,92,115)(H2,93,116)(H,99,120)(H,100,122)(H,101,117)(H,102,124)(H,103,126)(H,104,118)(H,105,119)(H,106,123)(H,107,125)(H,108,121)(H4,94,95,96)/t49-,50-,54+,59-,60-,61-,62-,63-,64?,65-,66-,67-,68-,69-,70?/m0/s1. The third-order valence-corrected chi connectivity index (χ3v) is 25.1. The van der Waals surface area contributed by atoms with Crippen LogP contribution in [-0.4, -0.2) is 316 Å². The van der Waals surface area contributed by atoms with Gasteiger partial charge in [0.25, 0.3) is 0 Å². The van der Waals surface area contributed by atoms with Crippen molar-refractivity contribution in [3.63, 3.8) is 0 Å². The number of rotatable bonds is 26. The first-order chi connectivity index (χ1) is 63.7. The van der Waals surface area contributed by atoms with Crippen molar-refractivity contribution >= 4 is 140 Å². The topological polar surface area (TPSA) is 637 Å². The number of ether oxygens (including phenoxy) is 2. The van der Waals surface area contributed by atoms with E-state index in [0.29, 0.717) is 69.9 Å². The summed E-state index contributed by atoms with van der Waals surface area (Å²) in [6.45, 7) is 8.00. The van der Waals surface area contributed by atoms with Gasteiger partial charge in [0.15, 0.2) is 17.5 Å². The number of likely N-dealkylation sites (N-methyl/N-ethyl adjacent to an activating group) is 3. The second kappa shape index (κ2) is 50.6. The van der Waals surface area contributed by atoms with Crippen molar-refractivity contribution in [3.05, 3.63) is 95.8 Å². The summed E-state index contributed by atoms with van der Waals surface area (Å²) in [5.74, 6) is -16.7. The van der Waals surface area contributed by atoms with Crippen LogP contribution in [0.25, 0.3) is 21.8 Å². The summed E-state index contributed by atoms with van der Waals surface area (Å²) in [5.41, 5.74) is 25.9. The van der Waals surface area contributed by atoms with Gasteiger partial charge in [-0.2, -0.15) is 0 Å². The molecule has 2 aromatic heterocycles. The number of amides is 17. The first kappa shape index (κ1) is 106. The van der Waals surface area contributed by atoms with Gasteiger partial charge in [0, 0.05) is 113 Å². The Hall–Kier alpha value is -13.1. The zero-order valence-electron chi connectivity index (χ0n) is 77.7. The lowest BCUT2D eigenvalue weighted by Crippen LogP contribution is -2.61. The van der Waals surface area contributed by atoms with Crippen molar-refractivity contribution in [2.24, 2.45) is 28.9 Å². The van der Waals surface area contributed by atoms with E-state index in [4.69, 9.17) is 37.8 Å². The van der Waals surface area contributed by atoms with Crippen molar-refractivity contribution in [1.82, 2.24) is 93.0 Å². The van der Waals surface area contributed by atoms with Gasteiger partial charge in [0.05, 0.1) is 39.0 Å². The summed E-state index contributed by atoms with van der Waals surface area (Å²) in [5, 5.41) is 49.8. The van der Waals surface area contributed by atoms with Gasteiger partial charge in [-0.1, -0.05) is 95.8 Å². The number of primary amides is 2. The maximum atomic E-state index is 15.7. The van der Waals surface area contributed by atoms with Crippen molar-refractivity contribution in [2.45, 2.75) is 235 Å². The first-order valence-electron chi connectivity index (χ1n) is 45.1. The number of carbonyl (C=O) groups is 17. The highest BCUT2D eigenvalue weighted by molar-refractivity contribution is 8.00. The molecular formula is C90H131N23O20S. The molecule has 17 amide bonds. The van der Waals surface area contributed by atoms with E-state index in [1.54, 1.807) is 86.9 Å². The number of methoxy groups -OCH3 is 2. The minimum Gasteiger partial charge on any atom is -0.493 e. The zero-order valence-corrected chi connectivity index (χ0v) is 78.5. The molecule has 3 aliphatic heterocycles. The van der Waals surface area contributed by atoms with E-state index < -0.39 is 235 Å². The van der Waals surface area contributed by atoms with E-state index in [-0.39, 0.29) is 95.4 Å². The molecule has 0 radical (unpaired) electrons. The highest BCUT2D eigenvalue weighted by Gasteiger charge is 2.47. The number of nitrogens with zero attached hydrogens (tertiary/aromatic N) is 5. The lowest BCUT2D eigenvalue weighted by Gasteiger charge is -2.36. The van der Waals surface area contributed by atoms with Crippen LogP contribution < -0.4 is 90.9 Å². The molecule has 3 aromatic carbocycles. The number of thioether (sulfide) groups is 1. The van der Waals surface area contributed by atoms with Gasteiger partial charge in [-0.25, -0.2) is 0 Å². The zero-order chi connectivity index (χ0) is 98.5. The number of unbranched alkanes of at least 4 members (excludes halogenated alkanes) is 2. The van der Waals surface area contributed by atoms with Crippen LogP contribution in [0.4, 0.5) is 0 Å². The Morgan fingerprint density at radius 2 is 1.10 bits per heavy atom. The molecule has 3 fully saturated rings. The Bertz CT molecular complexity index is 5050. The number of hydrogen-bond acceptors (Lipinski definition) is 23. The second-order valence-corrected chi connectivity index (χ2v) is 35.5. The molecule has 134 heavy (non-hydrogen) atoms. The SMILES string of the molecule is CCCC[C@H]1C(=O)N(C)[C@@H](CCCC)C(=O)N[C@@H](CCCNC(=N)N)C(=O)N[C@H](C(=O)NCC(N)=O)CSCC(=O)N[C@@H](Cc2ccc(OC)c(OC)c2)C(=O)N(C)[C@@H](C)C(=O)NC(CC(N)=O)C(=O)N2CCC[C@H]2C(=O)N[C@@H](CN)C(=O)N[C@@H](CC(C)C)C(=O)N2C[C@H](O)CC2C(=O)N[C@@H](Cc2c[nH]c3ccccc23)C(=O)N[C@@H](C)C(=O)N[C@@H](Cc2c[nH]c3ccccc23)C(=O)N1C. The molecule has 5 aromatic rings. The van der Waals surface area contributed by atoms with Gasteiger partial charge >= 0.3 is 0 Å². The smallest absolute Gasteiger partial charge is 0.246 e. The van der Waals surface area contributed by atoms with Gasteiger partial charge in [0.1, 0.15) is 84.6 Å². The number of aliphatic hydroxyl groups excluding tert-OH is 1. The predicted octanol–water partition coefficient (Wildman–Crippen LogP) is -2.60. The normalized spacial score (nSPS) is 24.8. The molecule has 5 heterocycles. The van der Waals surface area contributed by atoms with Gasteiger partial charge in [-0.3, -0.25) is 86.9 Å². The van der Waals surface area contributed by atoms with Crippen molar-refractivity contribution < 1.29 is 96.1 Å². The maximum absolute atomic E-state index is 15.7. The third-order valence-electron chi connectivity index (χ3n) is 24.0. The summed E-state index contributed by atoms with van der Waals surface area (Å²) < 4.78 is 11.0. The maximum Gasteiger partial charge on any atom is 0.246 e. The van der Waals surface area contributed by atoms with E-state index >= 15 is 38.4 Å². The molecule has 0 aliphatic carbocycles. The second-order valence-electron chi connectivity index (χ2n) is 34.4. The van der Waals surface area contributed by atoms with E-state index in [1.807, 2.05) is 13.8 Å². The van der Waals surface area contributed by atoms with Crippen LogP contribution in [0.2, 0.25) is 0 Å². The van der Waals surface area contributed by atoms with Crippen molar-refractivity contribution in [1.29, 1.82) is 5.41 Å². The summed E-state index contributed by atoms with van der Waals surface area (Å²) in [4.78, 5) is 261. The number of fused-ring (bicyclic) bond motifs is 4. The number of benzene rings is 3. The summed E-state index contributed by atoms with van der Waals surface area (Å²) in [7, 11) is 6.74. The average molecular weight is 1890 g/mol. The minimum absolute atomic E-state index is 0.00158. The number of nitrogens with two attached hydrogens (primary N) is 4. The van der Waals surface area contributed by atoms with Gasteiger partial charge in [0.2, 0.25) is 100 Å². The molecule has 2 unspecified atom stereocenters. The molecule has 44 heteroatoms. The van der Waals surface area contributed by atoms with Crippen LogP contribution in [-0.2, 0) is 101 Å². The molecule has 0 bridgehead atoms. The Morgan fingerprint density at radius 3 is 1.70 bits per heavy atom. The monoisotopic (exact) mass is 1890 g/mol. The van der Waals surface area contributed by atoms with Crippen LogP contribution in [0.5, 0.6) is 11.5 Å². The van der Waals surface area contributed by atoms with Crippen LogP contribution in [0, 0.1) is 11.3 Å². The van der Waals surface area contributed by atoms with Gasteiger partial charge in [-0.15, -0.1) is 11.8 Å². The average Bonchev–Trinajstić information content (AvgIpc) is 1.67. The fourth-order valence-corrected chi connectivity index (χ4v) is 17.4. The van der Waals surface area contributed by atoms with Crippen LogP contribution in [0.15, 0.2) is 79.1 Å². The first-order valence-corrected chi connectivity index (χ1v) is 46.2. The number of nitrogens with one attached hydrogen (secondary N) is 14. The molecule has 732 valence electrons. The lowest BCUT2D eigenvalue weighted by molar-refractivity contribution is -0.149. The highest BCUT2D eigenvalue weighted by Crippen LogP contribution is 2.31. The fourth-order valence-electron chi connectivity index (χ4n) is 16.5. The molecule has 23 N–H and O–H groups in total. The minimum atomic E-state index is -1.77. The Kier molecular flexibility index (Phi) is 40.1. The molecule has 0 saturated carbocycles. The molecule has 8 rings (SSSR count). The Balaban J connectivity index is 1.19. The van der Waals surface area contributed by atoms with Crippen molar-refractivity contribution in [3.8, 4) is 11.5 Å². The number of aromatic amines is 2. The summed E-state index contributed by atoms with van der Waals surface area (Å²) in [6, 6.07) is -2.16. The fraction of sp³-hybridized carbons (Fsp3) is 0.556. The third kappa shape index (κ3) is 29.2.